The second-order valence-electron chi connectivity index (χ2n) is 34.7. The van der Waals surface area contributed by atoms with Gasteiger partial charge in [0.15, 0.2) is 17.5 Å². The van der Waals surface area contributed by atoms with Crippen LogP contribution in [0.1, 0.15) is 5.56 Å². The fourth-order valence-electron chi connectivity index (χ4n) is 20.6. The van der Waals surface area contributed by atoms with Gasteiger partial charge in [0.05, 0.1) is 106 Å². The van der Waals surface area contributed by atoms with Gasteiger partial charge >= 0.3 is 0 Å². The number of fused-ring (bicyclic) bond motifs is 18. The molecule has 7 aromatic heterocycles. The van der Waals surface area contributed by atoms with Crippen LogP contribution in [-0.4, -0.2) is 50.8 Å². The minimum Gasteiger partial charge on any atom is -0.309 e. The van der Waals surface area contributed by atoms with Crippen LogP contribution in [-0.2, 0) is 9.84 Å². The standard InChI is InChI=1S/C48H32N2O2S.C45H29N5.C32H18N4/c51-53(52,39-25-21-37(22-26-39)49-45-17-9-7-15-41(45)43-31-35(19-29-47(43)49)33-11-3-1-4-12-33)40-27-23-38(24-28-40)50-46-18-10-8-16-42(46)44-32-36(20-30-48(44)50)34-13-5-2-6-14-34;1-3-15-30(16-4-1)43-46-44(31-17-5-2-6-18-31)48-45(47-43)32-27-33(49-39-23-11-7-19-35(39)36-20-8-12-24-40(36)49)29-34(28-32)50-41-25-13-9-21-37(41)38-22-10-14-26-42(38)50;1-34-26-19-32(36-29-16-8-4-12-24(29)25-13-5-9-17-30(25)36)31(18-21(26)20-33)35-27-14-6-2-10-22(27)23-11-3-7-15-28(23)35/h1-32H;1-29H;2-19H. The monoisotopic (exact) mass is 1800 g/mol. The molecule has 0 aliphatic heterocycles. The predicted octanol–water partition coefficient (Wildman–Crippen LogP) is 31.4. The third kappa shape index (κ3) is 14.0. The summed E-state index contributed by atoms with van der Waals surface area (Å²) in [5, 5.41) is 24.0. The lowest BCUT2D eigenvalue weighted by atomic mass is 10.0. The van der Waals surface area contributed by atoms with E-state index in [1.54, 1.807) is 24.3 Å². The van der Waals surface area contributed by atoms with E-state index >= 15 is 0 Å². The Kier molecular flexibility index (Phi) is 20.1. The van der Waals surface area contributed by atoms with Gasteiger partial charge in [-0.3, -0.25) is 0 Å². The molecule has 20 aromatic carbocycles. The van der Waals surface area contributed by atoms with Crippen LogP contribution in [0.15, 0.2) is 489 Å². The molecule has 0 saturated carbocycles. The molecule has 0 atom stereocenters. The maximum absolute atomic E-state index is 14.0. The average Bonchev–Trinajstić information content (AvgIpc) is 1.55. The van der Waals surface area contributed by atoms with Gasteiger partial charge in [0, 0.05) is 104 Å². The van der Waals surface area contributed by atoms with Crippen molar-refractivity contribution in [1.82, 2.24) is 42.4 Å². The molecule has 14 heteroatoms. The molecular weight excluding hydrogens is 1720 g/mol. The van der Waals surface area contributed by atoms with Gasteiger partial charge in [0.1, 0.15) is 0 Å². The van der Waals surface area contributed by atoms with Crippen molar-refractivity contribution in [2.24, 2.45) is 0 Å². The summed E-state index contributed by atoms with van der Waals surface area (Å²) >= 11 is 0. The van der Waals surface area contributed by atoms with Gasteiger partial charge < -0.3 is 27.4 Å². The van der Waals surface area contributed by atoms with Gasteiger partial charge in [-0.1, -0.05) is 315 Å². The molecule has 0 bridgehead atoms. The topological polar surface area (TPSA) is 131 Å². The zero-order valence-corrected chi connectivity index (χ0v) is 75.6. The van der Waals surface area contributed by atoms with Crippen molar-refractivity contribution in [3.63, 3.8) is 0 Å². The quantitative estimate of drug-likeness (QED) is 0.106. The molecular formula is C125H79N11O2S. The second kappa shape index (κ2) is 34.0. The Morgan fingerprint density at radius 1 is 0.216 bits per heavy atom. The molecule has 27 rings (SSSR count). The normalized spacial score (nSPS) is 11.6. The lowest BCUT2D eigenvalue weighted by molar-refractivity contribution is 0.596. The zero-order valence-electron chi connectivity index (χ0n) is 74.8. The molecule has 0 N–H and O–H groups in total. The molecule has 0 unspecified atom stereocenters. The van der Waals surface area contributed by atoms with Crippen LogP contribution in [0, 0.1) is 17.9 Å². The number of sulfone groups is 1. The van der Waals surface area contributed by atoms with Gasteiger partial charge in [0.2, 0.25) is 15.5 Å². The molecule has 0 spiro atoms. The fourth-order valence-corrected chi connectivity index (χ4v) is 21.9. The first-order chi connectivity index (χ1) is 68.6. The molecule has 0 radical (unpaired) electrons. The Balaban J connectivity index is 0.000000112. The molecule has 0 amide bonds. The van der Waals surface area contributed by atoms with E-state index in [4.69, 9.17) is 21.5 Å². The van der Waals surface area contributed by atoms with Crippen molar-refractivity contribution in [1.29, 1.82) is 5.26 Å². The van der Waals surface area contributed by atoms with Gasteiger partial charge in [-0.2, -0.15) is 5.26 Å². The van der Waals surface area contributed by atoms with Crippen LogP contribution in [0.3, 0.4) is 0 Å². The average molecular weight is 1800 g/mol. The van der Waals surface area contributed by atoms with Crippen LogP contribution < -0.4 is 0 Å². The van der Waals surface area contributed by atoms with E-state index in [-0.39, 0.29) is 9.79 Å². The van der Waals surface area contributed by atoms with Crippen molar-refractivity contribution >= 4 is 146 Å². The van der Waals surface area contributed by atoms with E-state index in [1.807, 2.05) is 146 Å². The molecule has 7 heterocycles. The van der Waals surface area contributed by atoms with E-state index in [0.717, 1.165) is 171 Å². The number of nitriles is 1. The lowest BCUT2D eigenvalue weighted by Crippen LogP contribution is -2.04. The van der Waals surface area contributed by atoms with Crippen LogP contribution in [0.2, 0.25) is 0 Å². The minimum absolute atomic E-state index is 0.256. The van der Waals surface area contributed by atoms with Crippen LogP contribution in [0.5, 0.6) is 0 Å². The first-order valence-electron chi connectivity index (χ1n) is 46.2. The largest absolute Gasteiger partial charge is 0.309 e. The van der Waals surface area contributed by atoms with E-state index in [0.29, 0.717) is 28.7 Å². The zero-order chi connectivity index (χ0) is 92.8. The Bertz CT molecular complexity index is 9050. The Labute approximate surface area is 799 Å². The fraction of sp³-hybridized carbons (Fsp3) is 0. The van der Waals surface area contributed by atoms with Gasteiger partial charge in [0.25, 0.3) is 0 Å². The summed E-state index contributed by atoms with van der Waals surface area (Å²) in [4.78, 5) is 19.5. The van der Waals surface area contributed by atoms with Crippen LogP contribution >= 0.6 is 0 Å². The Morgan fingerprint density at radius 2 is 0.460 bits per heavy atom. The first kappa shape index (κ1) is 82.1. The summed E-state index contributed by atoms with van der Waals surface area (Å²) in [6.45, 7) is 7.80. The van der Waals surface area contributed by atoms with E-state index in [1.165, 1.54) is 32.7 Å². The maximum Gasteiger partial charge on any atom is 0.206 e. The Morgan fingerprint density at radius 3 is 0.755 bits per heavy atom. The van der Waals surface area contributed by atoms with Crippen molar-refractivity contribution in [3.8, 4) is 96.6 Å². The highest BCUT2D eigenvalue weighted by Gasteiger charge is 2.27. The third-order valence-electron chi connectivity index (χ3n) is 26.9. The molecule has 139 heavy (non-hydrogen) atoms. The number of rotatable bonds is 13. The van der Waals surface area contributed by atoms with Crippen LogP contribution in [0.4, 0.5) is 5.69 Å². The highest BCUT2D eigenvalue weighted by atomic mass is 32.2. The molecule has 0 fully saturated rings. The summed E-state index contributed by atoms with van der Waals surface area (Å²) in [6.07, 6.45) is 0. The van der Waals surface area contributed by atoms with E-state index in [9.17, 15) is 13.7 Å². The molecule has 652 valence electrons. The number of nitrogens with zero attached hydrogens (tertiary/aromatic N) is 11. The van der Waals surface area contributed by atoms with E-state index in [2.05, 4.69) is 348 Å². The van der Waals surface area contributed by atoms with Gasteiger partial charge in [-0.15, -0.1) is 0 Å². The number of para-hydroxylation sites is 10. The lowest BCUT2D eigenvalue weighted by Gasteiger charge is -2.18. The summed E-state index contributed by atoms with van der Waals surface area (Å²) in [6, 6.07) is 166. The summed E-state index contributed by atoms with van der Waals surface area (Å²) < 4.78 is 41.6. The smallest absolute Gasteiger partial charge is 0.206 e. The van der Waals surface area contributed by atoms with Gasteiger partial charge in [-0.25, -0.2) is 28.2 Å². The highest BCUT2D eigenvalue weighted by Crippen LogP contribution is 2.45. The number of hydrogen-bond acceptors (Lipinski definition) is 6. The van der Waals surface area contributed by atoms with Crippen molar-refractivity contribution in [2.75, 3.05) is 0 Å². The molecule has 27 aromatic rings. The predicted molar refractivity (Wildman–Crippen MR) is 569 cm³/mol. The summed E-state index contributed by atoms with van der Waals surface area (Å²) in [5.74, 6) is 1.88. The van der Waals surface area contributed by atoms with E-state index < -0.39 is 9.84 Å². The minimum atomic E-state index is -3.77. The maximum atomic E-state index is 14.0. The Hall–Kier alpha value is -18.9. The molecule has 13 nitrogen and oxygen atoms in total. The van der Waals surface area contributed by atoms with Crippen molar-refractivity contribution in [2.45, 2.75) is 9.79 Å². The van der Waals surface area contributed by atoms with Crippen LogP contribution in [0.25, 0.3) is 226 Å². The molecule has 0 aliphatic carbocycles. The number of aromatic nitrogens is 9. The third-order valence-corrected chi connectivity index (χ3v) is 28.7. The van der Waals surface area contributed by atoms with Crippen molar-refractivity contribution < 1.29 is 8.42 Å². The SMILES string of the molecule is O=S(=O)(c1ccc(-n2c3ccccc3c3cc(-c4ccccc4)ccc32)cc1)c1ccc(-n2c3ccccc3c3cc(-c4ccccc4)ccc32)cc1.[C-]#[N+]c1cc(-n2c3ccccc3c3ccccc32)c(-n2c3ccccc3c3ccccc32)cc1C#N.c1ccc(-c2nc(-c3ccccc3)nc(-c3cc(-n4c5ccccc5c5ccccc54)cc(-n4c5ccccc5c5ccccc54)c3)n2)cc1. The summed E-state index contributed by atoms with van der Waals surface area (Å²) in [5.41, 5.74) is 26.8. The first-order valence-corrected chi connectivity index (χ1v) is 47.7. The molecule has 0 aliphatic rings. The number of benzene rings is 20. The second-order valence-corrected chi connectivity index (χ2v) is 36.7. The number of hydrogen-bond donors (Lipinski definition) is 0. The van der Waals surface area contributed by atoms with Gasteiger partial charge in [-0.05, 0) is 186 Å². The highest BCUT2D eigenvalue weighted by molar-refractivity contribution is 7.91. The van der Waals surface area contributed by atoms with Crippen molar-refractivity contribution in [3.05, 3.63) is 496 Å². The summed E-state index contributed by atoms with van der Waals surface area (Å²) in [7, 11) is -3.77. The molecule has 0 saturated heterocycles.